The molecule has 20 heavy (non-hydrogen) atoms. The second kappa shape index (κ2) is 6.74. The van der Waals surface area contributed by atoms with Gasteiger partial charge in [0.15, 0.2) is 8.32 Å². The van der Waals surface area contributed by atoms with E-state index in [4.69, 9.17) is 4.74 Å². The molecule has 2 rings (SSSR count). The molecular formula is C16H27NO2Si. The summed E-state index contributed by atoms with van der Waals surface area (Å²) in [5.41, 5.74) is 1.58. The molecule has 1 N–H and O–H groups in total. The first-order chi connectivity index (χ1) is 9.55. The van der Waals surface area contributed by atoms with E-state index < -0.39 is 8.32 Å². The van der Waals surface area contributed by atoms with Gasteiger partial charge < -0.3 is 14.4 Å². The van der Waals surface area contributed by atoms with Gasteiger partial charge in [0.2, 0.25) is 0 Å². The summed E-state index contributed by atoms with van der Waals surface area (Å²) in [6, 6.07) is 10.4. The Morgan fingerprint density at radius 3 is 2.25 bits per heavy atom. The van der Waals surface area contributed by atoms with E-state index >= 15 is 0 Å². The second-order valence-corrected chi connectivity index (χ2v) is 10.2. The maximum Gasteiger partial charge on any atom is 0.197 e. The van der Waals surface area contributed by atoms with Crippen LogP contribution in [0.15, 0.2) is 24.3 Å². The van der Waals surface area contributed by atoms with Gasteiger partial charge in [-0.25, -0.2) is 0 Å². The lowest BCUT2D eigenvalue weighted by atomic mass is 10.1. The van der Waals surface area contributed by atoms with Gasteiger partial charge in [-0.1, -0.05) is 31.4 Å². The molecule has 0 spiro atoms. The maximum atomic E-state index is 11.2. The number of nitrogens with zero attached hydrogens (tertiary/aromatic N) is 1. The topological polar surface area (TPSA) is 32.7 Å². The minimum atomic E-state index is -2.18. The molecule has 0 unspecified atom stereocenters. The summed E-state index contributed by atoms with van der Waals surface area (Å²) in [7, 11) is 3.70. The van der Waals surface area contributed by atoms with Crippen molar-refractivity contribution in [2.75, 3.05) is 27.7 Å². The Balaban J connectivity index is 2.25. The zero-order valence-electron chi connectivity index (χ0n) is 12.9. The third kappa shape index (κ3) is 3.62. The number of benzene rings is 1. The highest BCUT2D eigenvalue weighted by Gasteiger charge is 2.42. The van der Waals surface area contributed by atoms with E-state index in [2.05, 4.69) is 31.1 Å². The summed E-state index contributed by atoms with van der Waals surface area (Å²) >= 11 is 0. The van der Waals surface area contributed by atoms with Gasteiger partial charge in [0, 0.05) is 12.1 Å². The van der Waals surface area contributed by atoms with Crippen LogP contribution in [0.25, 0.3) is 0 Å². The van der Waals surface area contributed by atoms with Gasteiger partial charge in [0.1, 0.15) is 5.75 Å². The van der Waals surface area contributed by atoms with E-state index in [0.29, 0.717) is 5.54 Å². The molecule has 0 saturated carbocycles. The fourth-order valence-corrected chi connectivity index (χ4v) is 7.49. The molecule has 1 atom stereocenters. The molecule has 3 nitrogen and oxygen atoms in total. The minimum absolute atomic E-state index is 0.309. The number of likely N-dealkylation sites (N-methyl/N-ethyl adjacent to an activating group) is 1. The average Bonchev–Trinajstić information content (AvgIpc) is 2.45. The molecule has 1 aliphatic heterocycles. The normalized spacial score (nSPS) is 19.9. The fraction of sp³-hybridized carbons (Fsp3) is 0.625. The molecule has 4 heteroatoms. The summed E-state index contributed by atoms with van der Waals surface area (Å²) in [6.07, 6.45) is 3.68. The molecule has 0 bridgehead atoms. The van der Waals surface area contributed by atoms with Crippen molar-refractivity contribution in [1.29, 1.82) is 0 Å². The summed E-state index contributed by atoms with van der Waals surface area (Å²) in [4.78, 5) is 13.4. The second-order valence-electron chi connectivity index (χ2n) is 6.25. The van der Waals surface area contributed by atoms with Crippen LogP contribution in [0.2, 0.25) is 12.1 Å². The van der Waals surface area contributed by atoms with Gasteiger partial charge in [0.05, 0.1) is 7.11 Å². The Morgan fingerprint density at radius 1 is 1.15 bits per heavy atom. The third-order valence-corrected chi connectivity index (χ3v) is 8.69. The molecule has 0 radical (unpaired) electrons. The van der Waals surface area contributed by atoms with E-state index in [1.54, 1.807) is 7.11 Å². The summed E-state index contributed by atoms with van der Waals surface area (Å²) in [5.74, 6) is 0.884. The van der Waals surface area contributed by atoms with Crippen molar-refractivity contribution in [1.82, 2.24) is 4.90 Å². The number of hydrogen-bond donors (Lipinski definition) is 1. The summed E-state index contributed by atoms with van der Waals surface area (Å²) in [6.45, 7) is 0.940. The predicted molar refractivity (Wildman–Crippen MR) is 85.7 cm³/mol. The van der Waals surface area contributed by atoms with Crippen molar-refractivity contribution < 1.29 is 9.53 Å². The van der Waals surface area contributed by atoms with E-state index in [-0.39, 0.29) is 0 Å². The van der Waals surface area contributed by atoms with Crippen LogP contribution in [0, 0.1) is 0 Å². The Bertz CT molecular complexity index is 413. The van der Waals surface area contributed by atoms with Gasteiger partial charge in [-0.05, 0) is 43.9 Å². The highest BCUT2D eigenvalue weighted by Crippen LogP contribution is 2.38. The fourth-order valence-electron chi connectivity index (χ4n) is 3.30. The highest BCUT2D eigenvalue weighted by molar-refractivity contribution is 6.74. The molecule has 0 aliphatic carbocycles. The SMILES string of the molecule is COc1ccc([C@@H](CN(C)C)[Si]2(O)CCCCC2)cc1. The summed E-state index contributed by atoms with van der Waals surface area (Å²) < 4.78 is 5.24. The van der Waals surface area contributed by atoms with Crippen molar-refractivity contribution in [2.45, 2.75) is 36.9 Å². The number of hydrogen-bond acceptors (Lipinski definition) is 3. The van der Waals surface area contributed by atoms with E-state index in [9.17, 15) is 4.80 Å². The van der Waals surface area contributed by atoms with Gasteiger partial charge in [0.25, 0.3) is 0 Å². The first kappa shape index (κ1) is 15.5. The molecule has 1 heterocycles. The van der Waals surface area contributed by atoms with Crippen LogP contribution in [-0.2, 0) is 0 Å². The first-order valence-corrected chi connectivity index (χ1v) is 10.00. The third-order valence-electron chi connectivity index (χ3n) is 4.43. The molecule has 112 valence electrons. The lowest BCUT2D eigenvalue weighted by molar-refractivity contribution is 0.373. The lowest BCUT2D eigenvalue weighted by Gasteiger charge is -2.38. The zero-order chi connectivity index (χ0) is 14.6. The Hall–Kier alpha value is -0.843. The Morgan fingerprint density at radius 2 is 1.75 bits per heavy atom. The van der Waals surface area contributed by atoms with Crippen LogP contribution in [0.4, 0.5) is 0 Å². The number of methoxy groups -OCH3 is 1. The summed E-state index contributed by atoms with van der Waals surface area (Å²) in [5, 5.41) is 0. The molecule has 0 amide bonds. The number of rotatable bonds is 5. The smallest absolute Gasteiger partial charge is 0.197 e. The van der Waals surface area contributed by atoms with Crippen molar-refractivity contribution >= 4 is 8.32 Å². The van der Waals surface area contributed by atoms with Gasteiger partial charge in [-0.2, -0.15) is 0 Å². The molecule has 1 saturated heterocycles. The number of ether oxygens (including phenoxy) is 1. The zero-order valence-corrected chi connectivity index (χ0v) is 13.9. The van der Waals surface area contributed by atoms with Crippen LogP contribution in [0.3, 0.4) is 0 Å². The van der Waals surface area contributed by atoms with E-state index in [1.165, 1.54) is 24.8 Å². The Kier molecular flexibility index (Phi) is 5.24. The standard InChI is InChI=1S/C16H27NO2Si/c1-17(2)13-16(20(18)11-5-4-6-12-20)14-7-9-15(19-3)10-8-14/h7-10,16,18H,4-6,11-13H2,1-3H3/t16-/m1/s1. The molecular weight excluding hydrogens is 266 g/mol. The van der Waals surface area contributed by atoms with E-state index in [1.807, 2.05) is 12.1 Å². The van der Waals surface area contributed by atoms with Crippen LogP contribution < -0.4 is 4.74 Å². The first-order valence-electron chi connectivity index (χ1n) is 7.56. The molecule has 0 aromatic heterocycles. The van der Waals surface area contributed by atoms with Crippen molar-refractivity contribution in [2.24, 2.45) is 0 Å². The van der Waals surface area contributed by atoms with Gasteiger partial charge >= 0.3 is 0 Å². The van der Waals surface area contributed by atoms with Crippen LogP contribution in [0.5, 0.6) is 5.75 Å². The largest absolute Gasteiger partial charge is 0.497 e. The average molecular weight is 293 g/mol. The maximum absolute atomic E-state index is 11.2. The van der Waals surface area contributed by atoms with Crippen LogP contribution in [-0.4, -0.2) is 45.8 Å². The van der Waals surface area contributed by atoms with Crippen molar-refractivity contribution in [3.63, 3.8) is 0 Å². The Labute approximate surface area is 123 Å². The van der Waals surface area contributed by atoms with Crippen molar-refractivity contribution in [3.05, 3.63) is 29.8 Å². The quantitative estimate of drug-likeness (QED) is 0.847. The highest BCUT2D eigenvalue weighted by atomic mass is 28.4. The van der Waals surface area contributed by atoms with Gasteiger partial charge in [-0.15, -0.1) is 0 Å². The lowest BCUT2D eigenvalue weighted by Crippen LogP contribution is -2.47. The van der Waals surface area contributed by atoms with Crippen molar-refractivity contribution in [3.8, 4) is 5.75 Å². The van der Waals surface area contributed by atoms with Crippen LogP contribution in [0.1, 0.15) is 30.4 Å². The monoisotopic (exact) mass is 293 g/mol. The van der Waals surface area contributed by atoms with Gasteiger partial charge in [-0.3, -0.25) is 0 Å². The van der Waals surface area contributed by atoms with Crippen LogP contribution >= 0.6 is 0 Å². The molecule has 1 aliphatic rings. The predicted octanol–water partition coefficient (Wildman–Crippen LogP) is 3.00. The molecule has 1 aromatic carbocycles. The minimum Gasteiger partial charge on any atom is -0.497 e. The molecule has 1 aromatic rings. The molecule has 1 fully saturated rings. The van der Waals surface area contributed by atoms with E-state index in [0.717, 1.165) is 24.4 Å².